The third-order valence-corrected chi connectivity index (χ3v) is 6.79. The number of fused-ring (bicyclic) bond motifs is 2. The predicted octanol–water partition coefficient (Wildman–Crippen LogP) is 1.17. The van der Waals surface area contributed by atoms with E-state index in [4.69, 9.17) is 9.47 Å². The van der Waals surface area contributed by atoms with Gasteiger partial charge in [0.15, 0.2) is 0 Å². The molecule has 26 heavy (non-hydrogen) atoms. The molecule has 1 N–H and O–H groups in total. The van der Waals surface area contributed by atoms with E-state index < -0.39 is 5.97 Å². The Bertz CT molecular complexity index is 690. The van der Waals surface area contributed by atoms with Gasteiger partial charge < -0.3 is 19.5 Å². The highest BCUT2D eigenvalue weighted by Crippen LogP contribution is 2.44. The van der Waals surface area contributed by atoms with Crippen LogP contribution in [0.4, 0.5) is 0 Å². The van der Waals surface area contributed by atoms with Crippen molar-refractivity contribution in [2.24, 2.45) is 0 Å². The van der Waals surface area contributed by atoms with Crippen molar-refractivity contribution in [2.75, 3.05) is 52.5 Å². The third kappa shape index (κ3) is 3.38. The number of rotatable bonds is 3. The van der Waals surface area contributed by atoms with Crippen LogP contribution in [0.25, 0.3) is 0 Å². The quantitative estimate of drug-likeness (QED) is 0.848. The third-order valence-electron chi connectivity index (χ3n) is 5.60. The molecule has 4 rings (SSSR count). The molecule has 0 unspecified atom stereocenters. The van der Waals surface area contributed by atoms with E-state index in [1.165, 1.54) is 11.3 Å². The number of piperidine rings is 1. The first kappa shape index (κ1) is 17.9. The van der Waals surface area contributed by atoms with Crippen molar-refractivity contribution >= 4 is 23.2 Å². The van der Waals surface area contributed by atoms with Crippen molar-refractivity contribution in [3.05, 3.63) is 21.4 Å². The minimum absolute atomic E-state index is 0.165. The highest BCUT2D eigenvalue weighted by atomic mass is 32.1. The van der Waals surface area contributed by atoms with E-state index in [-0.39, 0.29) is 11.5 Å². The first-order valence-corrected chi connectivity index (χ1v) is 9.97. The summed E-state index contributed by atoms with van der Waals surface area (Å²) in [6.07, 6.45) is 2.38. The number of likely N-dealkylation sites (tertiary alicyclic amines) is 1. The fraction of sp³-hybridized carbons (Fsp3) is 0.667. The molecule has 8 heteroatoms. The van der Waals surface area contributed by atoms with Crippen molar-refractivity contribution in [2.45, 2.75) is 24.9 Å². The summed E-state index contributed by atoms with van der Waals surface area (Å²) in [4.78, 5) is 29.4. The Kier molecular flexibility index (Phi) is 5.00. The fourth-order valence-electron chi connectivity index (χ4n) is 4.11. The SMILES string of the molecule is O=C(O)c1cc2c(s1)CCOC21CCN(CC(=O)N2CCOCC2)CC1. The lowest BCUT2D eigenvalue weighted by molar-refractivity contribution is -0.139. The van der Waals surface area contributed by atoms with Crippen LogP contribution >= 0.6 is 11.3 Å². The Morgan fingerprint density at radius 3 is 2.58 bits per heavy atom. The topological polar surface area (TPSA) is 79.3 Å². The number of carbonyl (C=O) groups excluding carboxylic acids is 1. The number of hydrogen-bond donors (Lipinski definition) is 1. The molecule has 1 aromatic heterocycles. The monoisotopic (exact) mass is 380 g/mol. The normalized spacial score (nSPS) is 23.0. The average Bonchev–Trinajstić information content (AvgIpc) is 3.11. The van der Waals surface area contributed by atoms with Crippen LogP contribution < -0.4 is 0 Å². The molecule has 142 valence electrons. The smallest absolute Gasteiger partial charge is 0.345 e. The zero-order valence-electron chi connectivity index (χ0n) is 14.7. The molecule has 1 aromatic rings. The Hall–Kier alpha value is -1.48. The lowest BCUT2D eigenvalue weighted by Gasteiger charge is -2.44. The van der Waals surface area contributed by atoms with Gasteiger partial charge >= 0.3 is 5.97 Å². The number of thiophene rings is 1. The standard InChI is InChI=1S/C18H24N2O5S/c21-16(20-6-9-24-10-7-20)12-19-4-2-18(3-5-19)13-11-15(17(22)23)26-14(13)1-8-25-18/h11H,1-10,12H2,(H,22,23). The second kappa shape index (κ2) is 7.26. The highest BCUT2D eigenvalue weighted by molar-refractivity contribution is 7.14. The van der Waals surface area contributed by atoms with Gasteiger partial charge in [0.25, 0.3) is 0 Å². The van der Waals surface area contributed by atoms with Crippen LogP contribution in [0.5, 0.6) is 0 Å². The van der Waals surface area contributed by atoms with Gasteiger partial charge in [0.2, 0.25) is 5.91 Å². The molecular weight excluding hydrogens is 356 g/mol. The molecule has 0 aromatic carbocycles. The lowest BCUT2D eigenvalue weighted by atomic mass is 9.82. The van der Waals surface area contributed by atoms with Gasteiger partial charge in [-0.25, -0.2) is 4.79 Å². The number of amides is 1. The van der Waals surface area contributed by atoms with Crippen LogP contribution in [-0.2, 0) is 26.3 Å². The summed E-state index contributed by atoms with van der Waals surface area (Å²) in [7, 11) is 0. The number of morpholine rings is 1. The van der Waals surface area contributed by atoms with Crippen molar-refractivity contribution in [1.82, 2.24) is 9.80 Å². The Balaban J connectivity index is 1.40. The van der Waals surface area contributed by atoms with Gasteiger partial charge in [0.1, 0.15) is 4.88 Å². The number of carboxylic acid groups (broad SMARTS) is 1. The number of carbonyl (C=O) groups is 2. The number of nitrogens with zero attached hydrogens (tertiary/aromatic N) is 2. The second-order valence-electron chi connectivity index (χ2n) is 7.11. The van der Waals surface area contributed by atoms with Gasteiger partial charge in [0, 0.05) is 37.5 Å². The Labute approximate surface area is 156 Å². The molecule has 2 fully saturated rings. The summed E-state index contributed by atoms with van der Waals surface area (Å²) >= 11 is 1.38. The van der Waals surface area contributed by atoms with Gasteiger partial charge in [-0.1, -0.05) is 0 Å². The van der Waals surface area contributed by atoms with Crippen molar-refractivity contribution < 1.29 is 24.2 Å². The summed E-state index contributed by atoms with van der Waals surface area (Å²) in [5, 5.41) is 9.30. The molecule has 0 saturated carbocycles. The van der Waals surface area contributed by atoms with Gasteiger partial charge in [-0.2, -0.15) is 0 Å². The number of hydrogen-bond acceptors (Lipinski definition) is 6. The molecule has 3 aliphatic heterocycles. The van der Waals surface area contributed by atoms with Crippen LogP contribution in [0.3, 0.4) is 0 Å². The summed E-state index contributed by atoms with van der Waals surface area (Å²) in [5.74, 6) is -0.703. The molecular formula is C18H24N2O5S. The van der Waals surface area contributed by atoms with Crippen LogP contribution in [0, 0.1) is 0 Å². The molecule has 0 aliphatic carbocycles. The number of carboxylic acids is 1. The maximum Gasteiger partial charge on any atom is 0.345 e. The molecule has 1 amide bonds. The maximum absolute atomic E-state index is 12.4. The van der Waals surface area contributed by atoms with Crippen LogP contribution in [0.2, 0.25) is 0 Å². The van der Waals surface area contributed by atoms with E-state index in [0.717, 1.165) is 42.8 Å². The first-order chi connectivity index (χ1) is 12.6. The van der Waals surface area contributed by atoms with Crippen LogP contribution in [-0.4, -0.2) is 79.3 Å². The van der Waals surface area contributed by atoms with E-state index in [9.17, 15) is 14.7 Å². The van der Waals surface area contributed by atoms with Gasteiger partial charge in [-0.05, 0) is 24.5 Å². The van der Waals surface area contributed by atoms with Crippen molar-refractivity contribution in [3.8, 4) is 0 Å². The summed E-state index contributed by atoms with van der Waals surface area (Å²) < 4.78 is 11.5. The molecule has 4 heterocycles. The number of aromatic carboxylic acids is 1. The zero-order chi connectivity index (χ0) is 18.1. The zero-order valence-corrected chi connectivity index (χ0v) is 15.6. The highest BCUT2D eigenvalue weighted by Gasteiger charge is 2.42. The van der Waals surface area contributed by atoms with E-state index in [2.05, 4.69) is 4.90 Å². The largest absolute Gasteiger partial charge is 0.477 e. The Morgan fingerprint density at radius 1 is 1.15 bits per heavy atom. The van der Waals surface area contributed by atoms with Crippen molar-refractivity contribution in [1.29, 1.82) is 0 Å². The lowest BCUT2D eigenvalue weighted by Crippen LogP contribution is -2.50. The molecule has 2 saturated heterocycles. The molecule has 0 atom stereocenters. The second-order valence-corrected chi connectivity index (χ2v) is 8.25. The number of ether oxygens (including phenoxy) is 2. The summed E-state index contributed by atoms with van der Waals surface area (Å²) in [6.45, 7) is 5.24. The van der Waals surface area contributed by atoms with Gasteiger partial charge in [0.05, 0.1) is 32.0 Å². The summed E-state index contributed by atoms with van der Waals surface area (Å²) in [6, 6.07) is 1.80. The first-order valence-electron chi connectivity index (χ1n) is 9.16. The fourth-order valence-corrected chi connectivity index (χ4v) is 5.18. The average molecular weight is 380 g/mol. The van der Waals surface area contributed by atoms with Crippen molar-refractivity contribution in [3.63, 3.8) is 0 Å². The van der Waals surface area contributed by atoms with E-state index in [0.29, 0.717) is 44.3 Å². The van der Waals surface area contributed by atoms with E-state index >= 15 is 0 Å². The Morgan fingerprint density at radius 2 is 1.88 bits per heavy atom. The minimum Gasteiger partial charge on any atom is -0.477 e. The molecule has 1 spiro atoms. The minimum atomic E-state index is -0.868. The maximum atomic E-state index is 12.4. The predicted molar refractivity (Wildman–Crippen MR) is 95.7 cm³/mol. The molecule has 7 nitrogen and oxygen atoms in total. The summed E-state index contributed by atoms with van der Waals surface area (Å²) in [5.41, 5.74) is 0.682. The molecule has 0 radical (unpaired) electrons. The van der Waals surface area contributed by atoms with E-state index in [1.54, 1.807) is 6.07 Å². The molecule has 3 aliphatic rings. The van der Waals surface area contributed by atoms with Gasteiger partial charge in [-0.3, -0.25) is 9.69 Å². The van der Waals surface area contributed by atoms with E-state index in [1.807, 2.05) is 4.90 Å². The van der Waals surface area contributed by atoms with Gasteiger partial charge in [-0.15, -0.1) is 11.3 Å². The van der Waals surface area contributed by atoms with Crippen LogP contribution in [0.1, 0.15) is 33.0 Å². The molecule has 0 bridgehead atoms. The van der Waals surface area contributed by atoms with Crippen LogP contribution in [0.15, 0.2) is 6.07 Å².